The Kier molecular flexibility index (Phi) is 7.84. The number of fused-ring (bicyclic) bond motifs is 2. The number of benzene rings is 3. The molecule has 41 heavy (non-hydrogen) atoms. The lowest BCUT2D eigenvalue weighted by Gasteiger charge is -2.39. The number of hydrogen-bond donors (Lipinski definition) is 2. The van der Waals surface area contributed by atoms with E-state index in [-0.39, 0.29) is 10.1 Å². The Morgan fingerprint density at radius 3 is 2.22 bits per heavy atom. The van der Waals surface area contributed by atoms with Gasteiger partial charge < -0.3 is 14.6 Å². The fourth-order valence-electron chi connectivity index (χ4n) is 5.02. The second-order valence-electron chi connectivity index (χ2n) is 10.4. The van der Waals surface area contributed by atoms with Gasteiger partial charge in [0.1, 0.15) is 15.7 Å². The standard InChI is InChI=1S/C29H30F3N3O4S2/c30-29(31,32)39-20-14-16-21(17-15-20)41(37,33-18-19-12-13-19)34-22-6-5-11-27(28(22)36)40-35-23-7-1-3-9-25(23)38-26-10-4-2-8-24(26)35/h1-4,7-10,14-17,19,22,27-28,36H,5-6,11-13,18H2,(H,33,34,37)/t22-,27?,28-,41?/m1/s1. The van der Waals surface area contributed by atoms with Gasteiger partial charge in [0.05, 0.1) is 34.2 Å². The summed E-state index contributed by atoms with van der Waals surface area (Å²) in [6, 6.07) is 19.9. The molecule has 3 aromatic rings. The van der Waals surface area contributed by atoms with Crippen LogP contribution in [0.25, 0.3) is 0 Å². The third-order valence-corrected chi connectivity index (χ3v) is 10.8. The molecule has 2 saturated carbocycles. The number of para-hydroxylation sites is 4. The van der Waals surface area contributed by atoms with E-state index in [1.54, 1.807) is 0 Å². The van der Waals surface area contributed by atoms with Crippen LogP contribution in [0.1, 0.15) is 32.1 Å². The molecule has 2 unspecified atom stereocenters. The van der Waals surface area contributed by atoms with E-state index in [1.165, 1.54) is 24.1 Å². The molecular formula is C29H30F3N3O4S2. The zero-order valence-corrected chi connectivity index (χ0v) is 23.6. The minimum Gasteiger partial charge on any atom is -0.453 e. The summed E-state index contributed by atoms with van der Waals surface area (Å²) in [5, 5.41) is 11.3. The average Bonchev–Trinajstić information content (AvgIpc) is 3.78. The van der Waals surface area contributed by atoms with E-state index in [0.29, 0.717) is 18.9 Å². The summed E-state index contributed by atoms with van der Waals surface area (Å²) in [5.74, 6) is 1.40. The molecule has 0 radical (unpaired) electrons. The minimum absolute atomic E-state index is 0.227. The van der Waals surface area contributed by atoms with E-state index in [1.807, 2.05) is 48.5 Å². The molecule has 0 aromatic heterocycles. The van der Waals surface area contributed by atoms with E-state index < -0.39 is 34.2 Å². The number of aliphatic hydroxyl groups excluding tert-OH is 1. The zero-order chi connectivity index (χ0) is 28.6. The third kappa shape index (κ3) is 6.45. The average molecular weight is 606 g/mol. The fraction of sp³-hybridized carbons (Fsp3) is 0.379. The monoisotopic (exact) mass is 605 g/mol. The highest BCUT2D eigenvalue weighted by atomic mass is 32.2. The van der Waals surface area contributed by atoms with Gasteiger partial charge in [-0.25, -0.2) is 13.3 Å². The number of halogens is 3. The maximum absolute atomic E-state index is 14.3. The number of ether oxygens (including phenoxy) is 2. The molecule has 0 amide bonds. The first-order valence-electron chi connectivity index (χ1n) is 13.6. The molecule has 2 N–H and O–H groups in total. The van der Waals surface area contributed by atoms with Gasteiger partial charge in [-0.05, 0) is 92.1 Å². The summed E-state index contributed by atoms with van der Waals surface area (Å²) in [7, 11) is -3.23. The van der Waals surface area contributed by atoms with Crippen molar-refractivity contribution in [1.82, 2.24) is 4.72 Å². The topological polar surface area (TPSA) is 83.4 Å². The van der Waals surface area contributed by atoms with Gasteiger partial charge >= 0.3 is 6.36 Å². The van der Waals surface area contributed by atoms with Gasteiger partial charge in [0, 0.05) is 6.04 Å². The van der Waals surface area contributed by atoms with Crippen LogP contribution in [0.3, 0.4) is 0 Å². The molecule has 218 valence electrons. The molecule has 0 bridgehead atoms. The number of rotatable bonds is 8. The molecule has 3 aliphatic rings. The second-order valence-corrected chi connectivity index (χ2v) is 13.6. The lowest BCUT2D eigenvalue weighted by atomic mass is 9.93. The Morgan fingerprint density at radius 1 is 0.976 bits per heavy atom. The molecule has 6 rings (SSSR count). The van der Waals surface area contributed by atoms with Crippen LogP contribution in [0, 0.1) is 5.92 Å². The fourth-order valence-corrected chi connectivity index (χ4v) is 8.36. The lowest BCUT2D eigenvalue weighted by Crippen LogP contribution is -2.50. The Labute approximate surface area is 241 Å². The highest BCUT2D eigenvalue weighted by Crippen LogP contribution is 2.51. The highest BCUT2D eigenvalue weighted by molar-refractivity contribution is 8.01. The van der Waals surface area contributed by atoms with Crippen molar-refractivity contribution in [2.75, 3.05) is 10.8 Å². The van der Waals surface area contributed by atoms with Crippen molar-refractivity contribution in [1.29, 1.82) is 0 Å². The van der Waals surface area contributed by atoms with Gasteiger partial charge in [-0.1, -0.05) is 30.7 Å². The number of hydrogen-bond acceptors (Lipinski definition) is 7. The van der Waals surface area contributed by atoms with Crippen molar-refractivity contribution in [3.05, 3.63) is 72.8 Å². The molecule has 3 aromatic carbocycles. The first-order chi connectivity index (χ1) is 19.7. The van der Waals surface area contributed by atoms with Crippen LogP contribution in [-0.2, 0) is 9.92 Å². The number of alkyl halides is 3. The predicted octanol–water partition coefficient (Wildman–Crippen LogP) is 7.20. The van der Waals surface area contributed by atoms with Crippen molar-refractivity contribution in [2.24, 2.45) is 10.3 Å². The van der Waals surface area contributed by atoms with Crippen LogP contribution in [0.15, 0.2) is 82.1 Å². The molecule has 12 heteroatoms. The normalized spacial score (nSPS) is 23.5. The van der Waals surface area contributed by atoms with Gasteiger partial charge in [0.2, 0.25) is 0 Å². The maximum atomic E-state index is 14.3. The van der Waals surface area contributed by atoms with Crippen molar-refractivity contribution in [2.45, 2.75) is 60.8 Å². The first-order valence-corrected chi connectivity index (χ1v) is 15.9. The third-order valence-electron chi connectivity index (χ3n) is 7.33. The van der Waals surface area contributed by atoms with E-state index in [0.717, 1.165) is 60.7 Å². The minimum atomic E-state index is -4.82. The number of anilines is 2. The first kappa shape index (κ1) is 28.2. The molecule has 2 aliphatic carbocycles. The van der Waals surface area contributed by atoms with E-state index in [4.69, 9.17) is 4.74 Å². The van der Waals surface area contributed by atoms with Crippen LogP contribution in [0.2, 0.25) is 0 Å². The van der Waals surface area contributed by atoms with E-state index in [2.05, 4.69) is 18.1 Å². The number of nitrogens with zero attached hydrogens (tertiary/aromatic N) is 2. The van der Waals surface area contributed by atoms with Crippen LogP contribution < -0.4 is 18.5 Å². The summed E-state index contributed by atoms with van der Waals surface area (Å²) >= 11 is 1.51. The largest absolute Gasteiger partial charge is 0.573 e. The second kappa shape index (κ2) is 11.4. The smallest absolute Gasteiger partial charge is 0.453 e. The van der Waals surface area contributed by atoms with Crippen LogP contribution in [0.5, 0.6) is 17.2 Å². The van der Waals surface area contributed by atoms with E-state index >= 15 is 0 Å². The molecule has 1 heterocycles. The van der Waals surface area contributed by atoms with Crippen molar-refractivity contribution < 1.29 is 32.0 Å². The van der Waals surface area contributed by atoms with Crippen molar-refractivity contribution >= 4 is 33.2 Å². The molecular weight excluding hydrogens is 575 g/mol. The van der Waals surface area contributed by atoms with E-state index in [9.17, 15) is 22.5 Å². The van der Waals surface area contributed by atoms with Crippen molar-refractivity contribution in [3.63, 3.8) is 0 Å². The van der Waals surface area contributed by atoms with Gasteiger partial charge in [-0.15, -0.1) is 13.2 Å². The molecule has 1 aliphatic heterocycles. The number of aliphatic hydroxyl groups is 1. The SMILES string of the molecule is O=S(=NCC1CC1)(N[C@@H]1CCCC(SN2c3ccccc3Oc3ccccc32)[C@@H]1O)c1ccc(OC(F)(F)F)cc1. The molecule has 7 nitrogen and oxygen atoms in total. The summed E-state index contributed by atoms with van der Waals surface area (Å²) < 4.78 is 72.1. The number of nitrogens with one attached hydrogen (secondary N) is 1. The molecule has 4 atom stereocenters. The van der Waals surface area contributed by atoms with Crippen molar-refractivity contribution in [3.8, 4) is 17.2 Å². The summed E-state index contributed by atoms with van der Waals surface area (Å²) in [5.41, 5.74) is 1.76. The zero-order valence-electron chi connectivity index (χ0n) is 22.0. The molecule has 2 fully saturated rings. The highest BCUT2D eigenvalue weighted by Gasteiger charge is 2.38. The summed E-state index contributed by atoms with van der Waals surface area (Å²) in [6.45, 7) is 0.384. The van der Waals surface area contributed by atoms with Gasteiger partial charge in [-0.3, -0.25) is 4.31 Å². The van der Waals surface area contributed by atoms with Gasteiger partial charge in [0.15, 0.2) is 11.5 Å². The quantitative estimate of drug-likeness (QED) is 0.264. The Hall–Kier alpha value is -2.93. The molecule has 0 spiro atoms. The maximum Gasteiger partial charge on any atom is 0.573 e. The van der Waals surface area contributed by atoms with Gasteiger partial charge in [0.25, 0.3) is 0 Å². The molecule has 0 saturated heterocycles. The summed E-state index contributed by atoms with van der Waals surface area (Å²) in [4.78, 5) is 0.255. The predicted molar refractivity (Wildman–Crippen MR) is 153 cm³/mol. The summed E-state index contributed by atoms with van der Waals surface area (Å²) in [6.07, 6.45) is -1.56. The van der Waals surface area contributed by atoms with Gasteiger partial charge in [-0.2, -0.15) is 0 Å². The van der Waals surface area contributed by atoms with Crippen LogP contribution in [0.4, 0.5) is 24.5 Å². The lowest BCUT2D eigenvalue weighted by molar-refractivity contribution is -0.274. The Bertz CT molecular complexity index is 1460. The van der Waals surface area contributed by atoms with Crippen LogP contribution >= 0.6 is 11.9 Å². The Morgan fingerprint density at radius 2 is 1.61 bits per heavy atom. The Balaban J connectivity index is 1.24. The van der Waals surface area contributed by atoms with Crippen LogP contribution in [-0.4, -0.2) is 39.6 Å².